The summed E-state index contributed by atoms with van der Waals surface area (Å²) >= 11 is 0. The van der Waals surface area contributed by atoms with E-state index in [0.29, 0.717) is 0 Å². The van der Waals surface area contributed by atoms with Crippen LogP contribution in [-0.4, -0.2) is 34.9 Å². The number of carbonyl (C=O) groups excluding carboxylic acids is 3. The van der Waals surface area contributed by atoms with Crippen LogP contribution in [0.25, 0.3) is 0 Å². The van der Waals surface area contributed by atoms with Gasteiger partial charge in [-0.1, -0.05) is 13.2 Å². The Morgan fingerprint density at radius 3 is 2.07 bits per heavy atom. The van der Waals surface area contributed by atoms with E-state index in [4.69, 9.17) is 0 Å². The largest absolute Gasteiger partial charge is 0.373 e. The third-order valence-corrected chi connectivity index (χ3v) is 1.56. The molecule has 1 N–H and O–H groups in total. The highest BCUT2D eigenvalue weighted by Gasteiger charge is 2.40. The molecule has 0 radical (unpaired) electrons. The lowest BCUT2D eigenvalue weighted by Crippen LogP contribution is -2.47. The molecule has 0 saturated heterocycles. The van der Waals surface area contributed by atoms with Gasteiger partial charge in [0, 0.05) is 0 Å². The molecule has 0 aliphatic rings. The molecular weight excluding hydrogens is 186 g/mol. The van der Waals surface area contributed by atoms with Crippen molar-refractivity contribution >= 4 is 17.6 Å². The van der Waals surface area contributed by atoms with Crippen LogP contribution in [0.4, 0.5) is 0 Å². The fraction of sp³-hybridized carbons (Fsp3) is 0.222. The Labute approximate surface area is 80.5 Å². The summed E-state index contributed by atoms with van der Waals surface area (Å²) in [6.07, 6.45) is 2.68. The van der Waals surface area contributed by atoms with E-state index in [-0.39, 0.29) is 0 Å². The number of aliphatic imine (C=N–C) groups is 1. The van der Waals surface area contributed by atoms with Gasteiger partial charge >= 0.3 is 0 Å². The van der Waals surface area contributed by atoms with Crippen molar-refractivity contribution in [3.63, 3.8) is 0 Å². The van der Waals surface area contributed by atoms with Crippen molar-refractivity contribution in [2.75, 3.05) is 6.54 Å². The monoisotopic (exact) mass is 195 g/mol. The minimum Gasteiger partial charge on any atom is -0.373 e. The summed E-state index contributed by atoms with van der Waals surface area (Å²) in [6.45, 7) is 5.56. The van der Waals surface area contributed by atoms with E-state index in [0.717, 1.165) is 18.2 Å². The van der Waals surface area contributed by atoms with Gasteiger partial charge in [0.15, 0.2) is 11.6 Å². The van der Waals surface area contributed by atoms with Crippen LogP contribution < -0.4 is 0 Å². The zero-order valence-corrected chi connectivity index (χ0v) is 7.40. The Hall–Kier alpha value is -1.84. The summed E-state index contributed by atoms with van der Waals surface area (Å²) in [5, 5.41) is 9.57. The maximum absolute atomic E-state index is 11.1. The van der Waals surface area contributed by atoms with Crippen LogP contribution in [0.3, 0.4) is 0 Å². The van der Waals surface area contributed by atoms with Crippen molar-refractivity contribution in [2.24, 2.45) is 4.99 Å². The molecule has 0 aromatic heterocycles. The number of aliphatic hydroxyl groups is 1. The SMILES string of the molecule is C=CC(=O)C(O)(CN=C=O)C(=O)C=C. The lowest BCUT2D eigenvalue weighted by molar-refractivity contribution is -0.143. The van der Waals surface area contributed by atoms with Crippen LogP contribution in [0, 0.1) is 0 Å². The van der Waals surface area contributed by atoms with E-state index < -0.39 is 23.7 Å². The molecule has 0 aliphatic carbocycles. The average molecular weight is 195 g/mol. The summed E-state index contributed by atoms with van der Waals surface area (Å²) in [7, 11) is 0. The minimum absolute atomic E-state index is 0.674. The van der Waals surface area contributed by atoms with Gasteiger partial charge in [0.25, 0.3) is 0 Å². The third-order valence-electron chi connectivity index (χ3n) is 1.56. The van der Waals surface area contributed by atoms with Crippen LogP contribution >= 0.6 is 0 Å². The zero-order chi connectivity index (χ0) is 11.2. The van der Waals surface area contributed by atoms with Crippen molar-refractivity contribution in [3.8, 4) is 0 Å². The van der Waals surface area contributed by atoms with Crippen LogP contribution in [0.5, 0.6) is 0 Å². The lowest BCUT2D eigenvalue weighted by Gasteiger charge is -2.18. The molecule has 5 nitrogen and oxygen atoms in total. The number of ketones is 2. The van der Waals surface area contributed by atoms with Gasteiger partial charge < -0.3 is 5.11 Å². The number of nitrogens with zero attached hydrogens (tertiary/aromatic N) is 1. The number of isocyanates is 1. The van der Waals surface area contributed by atoms with Crippen LogP contribution in [0.15, 0.2) is 30.3 Å². The first-order valence-corrected chi connectivity index (χ1v) is 3.62. The lowest BCUT2D eigenvalue weighted by atomic mass is 9.93. The normalized spacial score (nSPS) is 9.79. The minimum atomic E-state index is -2.37. The maximum Gasteiger partial charge on any atom is 0.235 e. The molecule has 0 heterocycles. The molecule has 0 bridgehead atoms. The predicted octanol–water partition coefficient (Wildman–Crippen LogP) is -0.437. The molecule has 0 amide bonds. The Morgan fingerprint density at radius 2 is 1.79 bits per heavy atom. The van der Waals surface area contributed by atoms with E-state index >= 15 is 0 Å². The molecule has 0 rings (SSSR count). The fourth-order valence-corrected chi connectivity index (χ4v) is 0.762. The first-order valence-electron chi connectivity index (χ1n) is 3.62. The summed E-state index contributed by atoms with van der Waals surface area (Å²) in [5.74, 6) is -1.86. The smallest absolute Gasteiger partial charge is 0.235 e. The second kappa shape index (κ2) is 5.01. The van der Waals surface area contributed by atoms with Gasteiger partial charge in [-0.15, -0.1) is 0 Å². The van der Waals surface area contributed by atoms with Gasteiger partial charge in [-0.25, -0.2) is 9.79 Å². The molecule has 0 spiro atoms. The Balaban J connectivity index is 5.11. The highest BCUT2D eigenvalue weighted by Crippen LogP contribution is 2.10. The molecule has 0 unspecified atom stereocenters. The van der Waals surface area contributed by atoms with Gasteiger partial charge in [0.1, 0.15) is 0 Å². The second-order valence-electron chi connectivity index (χ2n) is 2.40. The maximum atomic E-state index is 11.1. The molecule has 0 aliphatic heterocycles. The number of rotatable bonds is 6. The highest BCUT2D eigenvalue weighted by atomic mass is 16.3. The van der Waals surface area contributed by atoms with Crippen LogP contribution in [-0.2, 0) is 14.4 Å². The van der Waals surface area contributed by atoms with Crippen molar-refractivity contribution in [2.45, 2.75) is 5.60 Å². The summed E-state index contributed by atoms with van der Waals surface area (Å²) in [4.78, 5) is 35.0. The van der Waals surface area contributed by atoms with Gasteiger partial charge in [0.2, 0.25) is 11.7 Å². The quantitative estimate of drug-likeness (QED) is 0.269. The molecule has 0 saturated carbocycles. The first kappa shape index (κ1) is 12.2. The highest BCUT2D eigenvalue weighted by molar-refractivity contribution is 6.18. The van der Waals surface area contributed by atoms with Crippen molar-refractivity contribution in [3.05, 3.63) is 25.3 Å². The topological polar surface area (TPSA) is 83.8 Å². The summed E-state index contributed by atoms with van der Waals surface area (Å²) in [6, 6.07) is 0. The van der Waals surface area contributed by atoms with Crippen molar-refractivity contribution < 1.29 is 19.5 Å². The Bertz CT molecular complexity index is 306. The van der Waals surface area contributed by atoms with Gasteiger partial charge in [-0.2, -0.15) is 0 Å². The van der Waals surface area contributed by atoms with Gasteiger partial charge in [-0.05, 0) is 12.2 Å². The molecule has 0 atom stereocenters. The summed E-state index contributed by atoms with van der Waals surface area (Å²) < 4.78 is 0. The molecule has 0 aromatic rings. The third kappa shape index (κ3) is 2.32. The first-order chi connectivity index (χ1) is 6.52. The number of hydrogen-bond acceptors (Lipinski definition) is 5. The number of hydrogen-bond donors (Lipinski definition) is 1. The van der Waals surface area contributed by atoms with Gasteiger partial charge in [-0.3, -0.25) is 9.59 Å². The second-order valence-corrected chi connectivity index (χ2v) is 2.40. The van der Waals surface area contributed by atoms with E-state index in [1.807, 2.05) is 0 Å². The standard InChI is InChI=1S/C9H9NO4/c1-3-7(12)9(14,5-10-6-11)8(13)4-2/h3-4,14H,1-2,5H2. The Kier molecular flexibility index (Phi) is 4.35. The molecule has 74 valence electrons. The van der Waals surface area contributed by atoms with E-state index in [1.54, 1.807) is 0 Å². The van der Waals surface area contributed by atoms with Gasteiger partial charge in [0.05, 0.1) is 6.54 Å². The van der Waals surface area contributed by atoms with Crippen molar-refractivity contribution in [1.82, 2.24) is 0 Å². The van der Waals surface area contributed by atoms with E-state index in [1.165, 1.54) is 0 Å². The number of carbonyl (C=O) groups is 2. The fourth-order valence-electron chi connectivity index (χ4n) is 0.762. The van der Waals surface area contributed by atoms with Crippen LogP contribution in [0.1, 0.15) is 0 Å². The molecule has 0 aromatic carbocycles. The Morgan fingerprint density at radius 1 is 1.36 bits per heavy atom. The zero-order valence-electron chi connectivity index (χ0n) is 7.40. The average Bonchev–Trinajstić information content (AvgIpc) is 2.23. The predicted molar refractivity (Wildman–Crippen MR) is 48.3 cm³/mol. The van der Waals surface area contributed by atoms with E-state index in [2.05, 4.69) is 18.2 Å². The van der Waals surface area contributed by atoms with Crippen LogP contribution in [0.2, 0.25) is 0 Å². The molecule has 14 heavy (non-hydrogen) atoms. The summed E-state index contributed by atoms with van der Waals surface area (Å²) in [5.41, 5.74) is -2.37. The molecular formula is C9H9NO4. The molecule has 5 heteroatoms. The van der Waals surface area contributed by atoms with Crippen molar-refractivity contribution in [1.29, 1.82) is 0 Å². The van der Waals surface area contributed by atoms with E-state index in [9.17, 15) is 19.5 Å². The molecule has 0 fully saturated rings.